The monoisotopic (exact) mass is 339 g/mol. The first-order valence-electron chi connectivity index (χ1n) is 6.69. The quantitative estimate of drug-likeness (QED) is 0.363. The molecule has 2 aromatic carbocycles. The molecule has 0 fully saturated rings. The van der Waals surface area contributed by atoms with Gasteiger partial charge in [-0.05, 0) is 30.3 Å². The van der Waals surface area contributed by atoms with E-state index in [4.69, 9.17) is 16.4 Å². The van der Waals surface area contributed by atoms with Crippen molar-refractivity contribution in [3.63, 3.8) is 0 Å². The summed E-state index contributed by atoms with van der Waals surface area (Å²) < 4.78 is 0. The summed E-state index contributed by atoms with van der Waals surface area (Å²) in [4.78, 5) is 13.0. The van der Waals surface area contributed by atoms with E-state index in [-0.39, 0.29) is 11.3 Å². The second kappa shape index (κ2) is 7.80. The Kier molecular flexibility index (Phi) is 5.54. The number of carbonyl (C=O) groups is 1. The zero-order valence-corrected chi connectivity index (χ0v) is 13.2. The highest BCUT2D eigenvalue weighted by Gasteiger charge is 2.12. The zero-order valence-electron chi connectivity index (χ0n) is 12.4. The summed E-state index contributed by atoms with van der Waals surface area (Å²) in [6.45, 7) is 0. The number of rotatable bonds is 6. The number of hydrogen-bond donors (Lipinski definition) is 4. The number of benzene rings is 2. The maximum atomic E-state index is 11.5. The van der Waals surface area contributed by atoms with Gasteiger partial charge in [0.1, 0.15) is 6.07 Å². The number of nitrogens with zero attached hydrogens (tertiary/aromatic N) is 2. The standard InChI is InChI=1S/C16H13N5O2S/c17-9-13(15(18)19)21-20-10-6-7-14(12(8-10)16(22)23)24-11-4-2-1-3-5-11/h1-8,20H,(H3,18,19)(H,22,23)/b21-13+. The van der Waals surface area contributed by atoms with Gasteiger partial charge in [-0.3, -0.25) is 10.8 Å². The Hall–Kier alpha value is -3.31. The Labute approximate surface area is 142 Å². The van der Waals surface area contributed by atoms with Gasteiger partial charge in [-0.15, -0.1) is 0 Å². The molecule has 24 heavy (non-hydrogen) atoms. The van der Waals surface area contributed by atoms with Crippen molar-refractivity contribution in [2.24, 2.45) is 10.8 Å². The Morgan fingerprint density at radius 2 is 2.00 bits per heavy atom. The van der Waals surface area contributed by atoms with E-state index in [9.17, 15) is 9.90 Å². The molecule has 0 atom stereocenters. The molecule has 0 saturated heterocycles. The Morgan fingerprint density at radius 1 is 1.29 bits per heavy atom. The van der Waals surface area contributed by atoms with E-state index in [1.165, 1.54) is 17.8 Å². The van der Waals surface area contributed by atoms with Crippen LogP contribution in [-0.4, -0.2) is 22.6 Å². The number of nitrogens with one attached hydrogen (secondary N) is 2. The Bertz CT molecular complexity index is 843. The van der Waals surface area contributed by atoms with Crippen molar-refractivity contribution in [1.82, 2.24) is 0 Å². The van der Waals surface area contributed by atoms with Gasteiger partial charge in [0.05, 0.1) is 11.3 Å². The fraction of sp³-hybridized carbons (Fsp3) is 0. The Balaban J connectivity index is 2.28. The third-order valence-electron chi connectivity index (χ3n) is 2.84. The lowest BCUT2D eigenvalue weighted by atomic mass is 10.2. The number of aromatic carboxylic acids is 1. The molecule has 7 nitrogen and oxygen atoms in total. The van der Waals surface area contributed by atoms with Gasteiger partial charge in [0, 0.05) is 9.79 Å². The van der Waals surface area contributed by atoms with Gasteiger partial charge in [-0.25, -0.2) is 4.79 Å². The number of carboxylic acids is 1. The van der Waals surface area contributed by atoms with Crippen molar-refractivity contribution in [2.45, 2.75) is 9.79 Å². The van der Waals surface area contributed by atoms with Gasteiger partial charge < -0.3 is 10.8 Å². The molecular weight excluding hydrogens is 326 g/mol. The molecule has 0 aliphatic carbocycles. The number of anilines is 1. The number of hydrazone groups is 1. The summed E-state index contributed by atoms with van der Waals surface area (Å²) in [7, 11) is 0. The first kappa shape index (κ1) is 17.1. The molecule has 0 aliphatic heterocycles. The minimum atomic E-state index is -1.08. The molecule has 0 amide bonds. The molecule has 0 unspecified atom stereocenters. The van der Waals surface area contributed by atoms with Gasteiger partial charge in [-0.1, -0.05) is 30.0 Å². The van der Waals surface area contributed by atoms with E-state index >= 15 is 0 Å². The summed E-state index contributed by atoms with van der Waals surface area (Å²) in [6, 6.07) is 15.8. The smallest absolute Gasteiger partial charge is 0.336 e. The van der Waals surface area contributed by atoms with Crippen LogP contribution in [-0.2, 0) is 0 Å². The van der Waals surface area contributed by atoms with Gasteiger partial charge in [0.2, 0.25) is 5.71 Å². The van der Waals surface area contributed by atoms with Gasteiger partial charge in [0.15, 0.2) is 5.84 Å². The second-order valence-corrected chi connectivity index (χ2v) is 5.64. The van der Waals surface area contributed by atoms with Crippen LogP contribution in [0.2, 0.25) is 0 Å². The normalized spacial score (nSPS) is 10.7. The fourth-order valence-electron chi connectivity index (χ4n) is 1.74. The van der Waals surface area contributed by atoms with Crippen molar-refractivity contribution in [3.05, 3.63) is 54.1 Å². The maximum Gasteiger partial charge on any atom is 0.336 e. The number of carboxylic acid groups (broad SMARTS) is 1. The molecule has 2 aromatic rings. The lowest BCUT2D eigenvalue weighted by Crippen LogP contribution is -2.21. The van der Waals surface area contributed by atoms with Gasteiger partial charge in [0.25, 0.3) is 0 Å². The van der Waals surface area contributed by atoms with Crippen molar-refractivity contribution in [3.8, 4) is 6.07 Å². The summed E-state index contributed by atoms with van der Waals surface area (Å²) in [6.07, 6.45) is 0. The molecule has 0 aliphatic rings. The molecule has 0 radical (unpaired) electrons. The minimum Gasteiger partial charge on any atom is -0.478 e. The van der Waals surface area contributed by atoms with E-state index < -0.39 is 11.8 Å². The van der Waals surface area contributed by atoms with E-state index in [0.29, 0.717) is 10.6 Å². The van der Waals surface area contributed by atoms with Gasteiger partial charge in [-0.2, -0.15) is 10.4 Å². The van der Waals surface area contributed by atoms with E-state index in [2.05, 4.69) is 10.5 Å². The topological polar surface area (TPSA) is 135 Å². The van der Waals surface area contributed by atoms with Crippen molar-refractivity contribution in [1.29, 1.82) is 10.7 Å². The van der Waals surface area contributed by atoms with Crippen LogP contribution >= 0.6 is 11.8 Å². The first-order chi connectivity index (χ1) is 11.5. The first-order valence-corrected chi connectivity index (χ1v) is 7.51. The van der Waals surface area contributed by atoms with E-state index in [1.54, 1.807) is 18.2 Å². The van der Waals surface area contributed by atoms with Crippen molar-refractivity contribution in [2.75, 3.05) is 5.43 Å². The van der Waals surface area contributed by atoms with E-state index in [0.717, 1.165) is 4.90 Å². The SMILES string of the molecule is N#C/C(=N\Nc1ccc(Sc2ccccc2)c(C(=O)O)c1)C(=N)N. The molecule has 0 bridgehead atoms. The zero-order chi connectivity index (χ0) is 17.5. The van der Waals surface area contributed by atoms with Crippen LogP contribution in [0.5, 0.6) is 0 Å². The highest BCUT2D eigenvalue weighted by atomic mass is 32.2. The molecule has 120 valence electrons. The predicted octanol–water partition coefficient (Wildman–Crippen LogP) is 2.76. The summed E-state index contributed by atoms with van der Waals surface area (Å²) in [5.41, 5.74) is 7.92. The molecule has 0 spiro atoms. The highest BCUT2D eigenvalue weighted by molar-refractivity contribution is 7.99. The Morgan fingerprint density at radius 3 is 2.58 bits per heavy atom. The summed E-state index contributed by atoms with van der Waals surface area (Å²) in [5.74, 6) is -1.55. The molecule has 0 saturated carbocycles. The summed E-state index contributed by atoms with van der Waals surface area (Å²) >= 11 is 1.33. The van der Waals surface area contributed by atoms with E-state index in [1.807, 2.05) is 30.3 Å². The average molecular weight is 339 g/mol. The van der Waals surface area contributed by atoms with Crippen LogP contribution in [0.4, 0.5) is 5.69 Å². The summed E-state index contributed by atoms with van der Waals surface area (Å²) in [5, 5.41) is 29.0. The number of hydrogen-bond acceptors (Lipinski definition) is 6. The van der Waals surface area contributed by atoms with Crippen LogP contribution < -0.4 is 11.2 Å². The molecule has 0 heterocycles. The third kappa shape index (κ3) is 4.34. The van der Waals surface area contributed by atoms with Crippen LogP contribution in [0.25, 0.3) is 0 Å². The lowest BCUT2D eigenvalue weighted by Gasteiger charge is -2.08. The maximum absolute atomic E-state index is 11.5. The van der Waals surface area contributed by atoms with Gasteiger partial charge >= 0.3 is 5.97 Å². The minimum absolute atomic E-state index is 0.102. The predicted molar refractivity (Wildman–Crippen MR) is 92.6 cm³/mol. The fourth-order valence-corrected chi connectivity index (χ4v) is 2.68. The average Bonchev–Trinajstić information content (AvgIpc) is 2.57. The van der Waals surface area contributed by atoms with Crippen LogP contribution in [0.15, 0.2) is 63.4 Å². The number of nitriles is 1. The van der Waals surface area contributed by atoms with Crippen LogP contribution in [0.3, 0.4) is 0 Å². The molecular formula is C16H13N5O2S. The largest absolute Gasteiger partial charge is 0.478 e. The van der Waals surface area contributed by atoms with Crippen molar-refractivity contribution >= 4 is 35.0 Å². The number of nitrogens with two attached hydrogens (primary N) is 1. The molecule has 2 rings (SSSR count). The highest BCUT2D eigenvalue weighted by Crippen LogP contribution is 2.32. The molecule has 5 N–H and O–H groups in total. The van der Waals surface area contributed by atoms with Crippen LogP contribution in [0, 0.1) is 16.7 Å². The second-order valence-electron chi connectivity index (χ2n) is 4.53. The third-order valence-corrected chi connectivity index (χ3v) is 3.92. The molecule has 8 heteroatoms. The molecule has 0 aromatic heterocycles. The lowest BCUT2D eigenvalue weighted by molar-refractivity contribution is 0.0693. The number of amidine groups is 1. The van der Waals surface area contributed by atoms with Crippen molar-refractivity contribution < 1.29 is 9.90 Å². The van der Waals surface area contributed by atoms with Crippen LogP contribution in [0.1, 0.15) is 10.4 Å².